The minimum Gasteiger partial charge on any atom is -0.482 e. The van der Waals surface area contributed by atoms with Gasteiger partial charge in [0.05, 0.1) is 15.2 Å². The number of esters is 1. The molecule has 4 rings (SSSR count). The van der Waals surface area contributed by atoms with Crippen LogP contribution in [0, 0.1) is 6.92 Å². The van der Waals surface area contributed by atoms with Crippen molar-refractivity contribution in [1.29, 1.82) is 0 Å². The Morgan fingerprint density at radius 3 is 2.87 bits per heavy atom. The van der Waals surface area contributed by atoms with E-state index in [1.165, 1.54) is 0 Å². The zero-order chi connectivity index (χ0) is 21.8. The first-order valence-corrected chi connectivity index (χ1v) is 11.4. The highest BCUT2D eigenvalue weighted by molar-refractivity contribution is 7.18. The Bertz CT molecular complexity index is 1070. The van der Waals surface area contributed by atoms with Crippen LogP contribution < -0.4 is 4.74 Å². The number of halogens is 1. The number of likely N-dealkylation sites (tertiary alicyclic amines) is 1. The summed E-state index contributed by atoms with van der Waals surface area (Å²) in [5, 5.41) is 1.69. The average molecular weight is 459 g/mol. The molecule has 0 radical (unpaired) electrons. The number of carbonyl (C=O) groups excluding carboxylic acids is 2. The Kier molecular flexibility index (Phi) is 6.73. The molecule has 1 saturated heterocycles. The van der Waals surface area contributed by atoms with Crippen LogP contribution in [0.3, 0.4) is 0 Å². The molecule has 0 N–H and O–H groups in total. The summed E-state index contributed by atoms with van der Waals surface area (Å²) in [5.74, 6) is -0.0376. The molecule has 0 aliphatic carbocycles. The van der Waals surface area contributed by atoms with Gasteiger partial charge in [-0.2, -0.15) is 0 Å². The molecule has 0 bridgehead atoms. The average Bonchev–Trinajstić information content (AvgIpc) is 3.23. The Labute approximate surface area is 189 Å². The van der Waals surface area contributed by atoms with Gasteiger partial charge in [-0.1, -0.05) is 23.7 Å². The molecule has 1 aliphatic heterocycles. The molecule has 2 aromatic carbocycles. The smallest absolute Gasteiger partial charge is 0.344 e. The first-order valence-electron chi connectivity index (χ1n) is 10.2. The largest absolute Gasteiger partial charge is 0.482 e. The van der Waals surface area contributed by atoms with Crippen molar-refractivity contribution in [1.82, 2.24) is 9.88 Å². The number of amides is 1. The van der Waals surface area contributed by atoms with Gasteiger partial charge in [-0.3, -0.25) is 4.79 Å². The van der Waals surface area contributed by atoms with Crippen LogP contribution in [-0.4, -0.2) is 48.1 Å². The van der Waals surface area contributed by atoms with Gasteiger partial charge in [0.25, 0.3) is 5.91 Å². The molecular formula is C23H23ClN2O4S. The molecule has 162 valence electrons. The molecule has 8 heteroatoms. The molecule has 1 atom stereocenters. The van der Waals surface area contributed by atoms with Gasteiger partial charge >= 0.3 is 5.97 Å². The first-order chi connectivity index (χ1) is 15.0. The predicted molar refractivity (Wildman–Crippen MR) is 121 cm³/mol. The number of benzene rings is 2. The van der Waals surface area contributed by atoms with Gasteiger partial charge in [0.1, 0.15) is 5.75 Å². The van der Waals surface area contributed by atoms with Crippen LogP contribution in [0.4, 0.5) is 0 Å². The van der Waals surface area contributed by atoms with E-state index < -0.39 is 5.97 Å². The Hall–Kier alpha value is -2.64. The number of hydrogen-bond donors (Lipinski definition) is 0. The van der Waals surface area contributed by atoms with Crippen molar-refractivity contribution < 1.29 is 19.1 Å². The lowest BCUT2D eigenvalue weighted by molar-refractivity contribution is -0.154. The summed E-state index contributed by atoms with van der Waals surface area (Å²) in [5.41, 5.74) is 1.85. The number of aromatic nitrogens is 1. The summed E-state index contributed by atoms with van der Waals surface area (Å²) >= 11 is 7.66. The highest BCUT2D eigenvalue weighted by Crippen LogP contribution is 2.33. The lowest BCUT2D eigenvalue weighted by Gasteiger charge is -2.31. The molecule has 1 aromatic heterocycles. The number of rotatable bonds is 6. The Morgan fingerprint density at radius 1 is 1.23 bits per heavy atom. The second kappa shape index (κ2) is 9.66. The molecule has 0 spiro atoms. The maximum atomic E-state index is 12.6. The Balaban J connectivity index is 1.26. The van der Waals surface area contributed by atoms with Gasteiger partial charge < -0.3 is 14.4 Å². The first kappa shape index (κ1) is 21.6. The van der Waals surface area contributed by atoms with Crippen LogP contribution in [0.2, 0.25) is 5.02 Å². The van der Waals surface area contributed by atoms with Crippen molar-refractivity contribution in [3.8, 4) is 5.75 Å². The molecule has 1 aliphatic rings. The summed E-state index contributed by atoms with van der Waals surface area (Å²) < 4.78 is 11.7. The highest BCUT2D eigenvalue weighted by Gasteiger charge is 2.27. The van der Waals surface area contributed by atoms with Crippen LogP contribution in [0.15, 0.2) is 42.5 Å². The fourth-order valence-corrected chi connectivity index (χ4v) is 4.81. The standard InChI is InChI=1S/C23H23ClN2O4S/c1-15-11-17(8-9-18(15)24)29-14-22(28)30-13-21(27)26-10-4-5-16(12-26)23-25-19-6-2-3-7-20(19)31-23/h2-3,6-9,11,16H,4-5,10,12-14H2,1H3/t16-/m0/s1. The van der Waals surface area contributed by atoms with Crippen LogP contribution >= 0.6 is 22.9 Å². The number of piperidine rings is 1. The maximum Gasteiger partial charge on any atom is 0.344 e. The molecule has 0 saturated carbocycles. The normalized spacial score (nSPS) is 16.3. The van der Waals surface area contributed by atoms with Gasteiger partial charge in [0.15, 0.2) is 13.2 Å². The van der Waals surface area contributed by atoms with Gasteiger partial charge in [-0.15, -0.1) is 11.3 Å². The van der Waals surface area contributed by atoms with Crippen LogP contribution in [-0.2, 0) is 14.3 Å². The lowest BCUT2D eigenvalue weighted by atomic mass is 9.99. The van der Waals surface area contributed by atoms with E-state index in [9.17, 15) is 9.59 Å². The molecule has 3 aromatic rings. The van der Waals surface area contributed by atoms with Crippen molar-refractivity contribution >= 4 is 45.0 Å². The molecule has 1 amide bonds. The summed E-state index contributed by atoms with van der Waals surface area (Å²) in [6.45, 7) is 2.57. The third-order valence-corrected chi connectivity index (χ3v) is 6.90. The van der Waals surface area contributed by atoms with Gasteiger partial charge in [0, 0.05) is 24.0 Å². The SMILES string of the molecule is Cc1cc(OCC(=O)OCC(=O)N2CCC[C@H](c3nc4ccccc4s3)C2)ccc1Cl. The molecule has 31 heavy (non-hydrogen) atoms. The van der Waals surface area contributed by atoms with Crippen LogP contribution in [0.5, 0.6) is 5.75 Å². The van der Waals surface area contributed by atoms with Crippen molar-refractivity contribution in [2.24, 2.45) is 0 Å². The third kappa shape index (κ3) is 5.35. The summed E-state index contributed by atoms with van der Waals surface area (Å²) in [4.78, 5) is 31.1. The predicted octanol–water partition coefficient (Wildman–Crippen LogP) is 4.59. The fraction of sp³-hybridized carbons (Fsp3) is 0.348. The lowest BCUT2D eigenvalue weighted by Crippen LogP contribution is -2.41. The molecular weight excluding hydrogens is 436 g/mol. The maximum absolute atomic E-state index is 12.6. The zero-order valence-corrected chi connectivity index (χ0v) is 18.7. The monoisotopic (exact) mass is 458 g/mol. The summed E-state index contributed by atoms with van der Waals surface area (Å²) in [6, 6.07) is 13.2. The number of para-hydroxylation sites is 1. The number of fused-ring (bicyclic) bond motifs is 1. The minimum atomic E-state index is -0.583. The zero-order valence-electron chi connectivity index (χ0n) is 17.2. The molecule has 0 unspecified atom stereocenters. The molecule has 6 nitrogen and oxygen atoms in total. The number of nitrogens with zero attached hydrogens (tertiary/aromatic N) is 2. The number of thiazole rings is 1. The number of aryl methyl sites for hydroxylation is 1. The van der Waals surface area contributed by atoms with E-state index in [-0.39, 0.29) is 25.0 Å². The fourth-order valence-electron chi connectivity index (χ4n) is 3.59. The van der Waals surface area contributed by atoms with Crippen molar-refractivity contribution in [3.63, 3.8) is 0 Å². The second-order valence-corrected chi connectivity index (χ2v) is 9.03. The second-order valence-electron chi connectivity index (χ2n) is 7.56. The van der Waals surface area contributed by atoms with Crippen molar-refractivity contribution in [3.05, 3.63) is 58.1 Å². The van der Waals surface area contributed by atoms with Crippen molar-refractivity contribution in [2.45, 2.75) is 25.7 Å². The van der Waals surface area contributed by atoms with Gasteiger partial charge in [0.2, 0.25) is 0 Å². The number of ether oxygens (including phenoxy) is 2. The Morgan fingerprint density at radius 2 is 2.06 bits per heavy atom. The van der Waals surface area contributed by atoms with E-state index in [0.717, 1.165) is 33.6 Å². The van der Waals surface area contributed by atoms with Gasteiger partial charge in [-0.25, -0.2) is 9.78 Å². The van der Waals surface area contributed by atoms with Crippen molar-refractivity contribution in [2.75, 3.05) is 26.3 Å². The molecule has 1 fully saturated rings. The number of carbonyl (C=O) groups is 2. The number of hydrogen-bond acceptors (Lipinski definition) is 6. The summed E-state index contributed by atoms with van der Waals surface area (Å²) in [7, 11) is 0. The highest BCUT2D eigenvalue weighted by atomic mass is 35.5. The van der Waals surface area contributed by atoms with E-state index >= 15 is 0 Å². The van der Waals surface area contributed by atoms with Crippen LogP contribution in [0.1, 0.15) is 29.3 Å². The van der Waals surface area contributed by atoms with E-state index in [1.54, 1.807) is 34.4 Å². The van der Waals surface area contributed by atoms with E-state index in [4.69, 9.17) is 26.1 Å². The van der Waals surface area contributed by atoms with E-state index in [2.05, 4.69) is 6.07 Å². The quantitative estimate of drug-likeness (QED) is 0.505. The molecule has 2 heterocycles. The summed E-state index contributed by atoms with van der Waals surface area (Å²) in [6.07, 6.45) is 1.90. The van der Waals surface area contributed by atoms with Crippen LogP contribution in [0.25, 0.3) is 10.2 Å². The van der Waals surface area contributed by atoms with E-state index in [0.29, 0.717) is 23.9 Å². The minimum absolute atomic E-state index is 0.193. The third-order valence-electron chi connectivity index (χ3n) is 5.28. The van der Waals surface area contributed by atoms with E-state index in [1.807, 2.05) is 25.1 Å². The topological polar surface area (TPSA) is 68.7 Å². The van der Waals surface area contributed by atoms with Gasteiger partial charge in [-0.05, 0) is 55.7 Å².